The summed E-state index contributed by atoms with van der Waals surface area (Å²) in [5.74, 6) is 2.14. The first-order chi connectivity index (χ1) is 5.27. The van der Waals surface area contributed by atoms with Crippen molar-refractivity contribution >= 4 is 0 Å². The number of hydrogen-bond acceptors (Lipinski definition) is 0. The molecule has 1 saturated carbocycles. The van der Waals surface area contributed by atoms with Crippen molar-refractivity contribution in [2.24, 2.45) is 11.8 Å². The maximum Gasteiger partial charge on any atom is -0.0289 e. The molecular formula is C11H18. The highest BCUT2D eigenvalue weighted by atomic mass is 14.4. The molecule has 0 spiro atoms. The number of fused-ring (bicyclic) bond motifs is 1. The lowest BCUT2D eigenvalue weighted by atomic mass is 9.79. The Morgan fingerprint density at radius 3 is 1.82 bits per heavy atom. The van der Waals surface area contributed by atoms with Crippen LogP contribution in [0, 0.1) is 11.8 Å². The van der Waals surface area contributed by atoms with Crippen molar-refractivity contribution in [3.8, 4) is 0 Å². The second kappa shape index (κ2) is 2.66. The Kier molecular flexibility index (Phi) is 1.78. The van der Waals surface area contributed by atoms with Crippen LogP contribution in [0.3, 0.4) is 0 Å². The summed E-state index contributed by atoms with van der Waals surface area (Å²) in [7, 11) is 0. The highest BCUT2D eigenvalue weighted by Gasteiger charge is 2.30. The summed E-state index contributed by atoms with van der Waals surface area (Å²) < 4.78 is 0. The fourth-order valence-electron chi connectivity index (χ4n) is 2.79. The van der Waals surface area contributed by atoms with Crippen LogP contribution in [0.15, 0.2) is 11.1 Å². The van der Waals surface area contributed by atoms with Gasteiger partial charge in [-0.1, -0.05) is 17.6 Å². The van der Waals surface area contributed by atoms with Crippen LogP contribution < -0.4 is 0 Å². The minimum absolute atomic E-state index is 1.07. The van der Waals surface area contributed by atoms with Crippen molar-refractivity contribution in [3.63, 3.8) is 0 Å². The second-order valence-corrected chi connectivity index (χ2v) is 4.42. The largest absolute Gasteiger partial charge is 0.0741 e. The topological polar surface area (TPSA) is 0 Å². The minimum atomic E-state index is 1.07. The predicted octanol–water partition coefficient (Wildman–Crippen LogP) is 3.53. The molecule has 2 aliphatic rings. The second-order valence-electron chi connectivity index (χ2n) is 4.42. The molecule has 1 fully saturated rings. The molecule has 0 aromatic carbocycles. The lowest BCUT2D eigenvalue weighted by Crippen LogP contribution is -2.14. The van der Waals surface area contributed by atoms with Crippen LogP contribution in [0.25, 0.3) is 0 Å². The van der Waals surface area contributed by atoms with E-state index in [1.807, 2.05) is 0 Å². The Bertz CT molecular complexity index is 168. The Morgan fingerprint density at radius 1 is 0.909 bits per heavy atom. The number of allylic oxidation sites excluding steroid dienone is 2. The molecule has 0 bridgehead atoms. The molecule has 0 unspecified atom stereocenters. The molecule has 0 aliphatic heterocycles. The third-order valence-corrected chi connectivity index (χ3v) is 3.68. The van der Waals surface area contributed by atoms with Crippen LogP contribution in [0.1, 0.15) is 46.0 Å². The average molecular weight is 150 g/mol. The Morgan fingerprint density at radius 2 is 1.36 bits per heavy atom. The van der Waals surface area contributed by atoms with Gasteiger partial charge in [0.25, 0.3) is 0 Å². The van der Waals surface area contributed by atoms with Gasteiger partial charge in [-0.25, -0.2) is 0 Å². The van der Waals surface area contributed by atoms with E-state index in [1.165, 1.54) is 32.1 Å². The van der Waals surface area contributed by atoms with Crippen LogP contribution in [-0.4, -0.2) is 0 Å². The Labute approximate surface area is 69.7 Å². The van der Waals surface area contributed by atoms with Crippen molar-refractivity contribution in [1.29, 1.82) is 0 Å². The molecular weight excluding hydrogens is 132 g/mol. The van der Waals surface area contributed by atoms with Gasteiger partial charge in [0.15, 0.2) is 0 Å². The van der Waals surface area contributed by atoms with Crippen molar-refractivity contribution in [1.82, 2.24) is 0 Å². The highest BCUT2D eigenvalue weighted by Crippen LogP contribution is 2.43. The van der Waals surface area contributed by atoms with Crippen molar-refractivity contribution < 1.29 is 0 Å². The van der Waals surface area contributed by atoms with Gasteiger partial charge in [-0.15, -0.1) is 0 Å². The van der Waals surface area contributed by atoms with Gasteiger partial charge in [0.2, 0.25) is 0 Å². The zero-order valence-corrected chi connectivity index (χ0v) is 7.69. The van der Waals surface area contributed by atoms with Crippen molar-refractivity contribution in [3.05, 3.63) is 11.1 Å². The molecule has 2 rings (SSSR count). The smallest absolute Gasteiger partial charge is 0.0289 e. The van der Waals surface area contributed by atoms with Crippen LogP contribution >= 0.6 is 0 Å². The molecule has 2 aliphatic carbocycles. The zero-order valence-electron chi connectivity index (χ0n) is 7.69. The summed E-state index contributed by atoms with van der Waals surface area (Å²) in [6.45, 7) is 4.65. The van der Waals surface area contributed by atoms with E-state index in [2.05, 4.69) is 13.8 Å². The van der Waals surface area contributed by atoms with E-state index in [0.717, 1.165) is 11.8 Å². The fourth-order valence-corrected chi connectivity index (χ4v) is 2.79. The van der Waals surface area contributed by atoms with Crippen molar-refractivity contribution in [2.75, 3.05) is 0 Å². The molecule has 2 atom stereocenters. The average Bonchev–Trinajstić information content (AvgIpc) is 2.36. The molecule has 11 heavy (non-hydrogen) atoms. The normalized spacial score (nSPS) is 37.6. The minimum Gasteiger partial charge on any atom is -0.0741 e. The molecule has 0 radical (unpaired) electrons. The lowest BCUT2D eigenvalue weighted by Gasteiger charge is -2.27. The molecule has 0 heterocycles. The van der Waals surface area contributed by atoms with Gasteiger partial charge >= 0.3 is 0 Å². The van der Waals surface area contributed by atoms with Crippen LogP contribution in [-0.2, 0) is 0 Å². The van der Waals surface area contributed by atoms with Crippen LogP contribution in [0.4, 0.5) is 0 Å². The SMILES string of the molecule is CC1=C(C)C[C@H]2CCC[C@@H]2C1. The van der Waals surface area contributed by atoms with Gasteiger partial charge in [-0.2, -0.15) is 0 Å². The summed E-state index contributed by atoms with van der Waals surface area (Å²) in [6, 6.07) is 0. The Hall–Kier alpha value is -0.260. The summed E-state index contributed by atoms with van der Waals surface area (Å²) in [6.07, 6.45) is 7.34. The van der Waals surface area contributed by atoms with Gasteiger partial charge in [0.1, 0.15) is 0 Å². The molecule has 0 aromatic heterocycles. The quantitative estimate of drug-likeness (QED) is 0.463. The molecule has 0 nitrogen and oxygen atoms in total. The number of hydrogen-bond donors (Lipinski definition) is 0. The fraction of sp³-hybridized carbons (Fsp3) is 0.818. The van der Waals surface area contributed by atoms with Crippen LogP contribution in [0.2, 0.25) is 0 Å². The van der Waals surface area contributed by atoms with Gasteiger partial charge in [0, 0.05) is 0 Å². The maximum absolute atomic E-state index is 2.32. The van der Waals surface area contributed by atoms with Gasteiger partial charge in [-0.05, 0) is 51.4 Å². The molecule has 0 saturated heterocycles. The molecule has 0 N–H and O–H groups in total. The van der Waals surface area contributed by atoms with Gasteiger partial charge < -0.3 is 0 Å². The standard InChI is InChI=1S/C11H18/c1-8-6-10-4-3-5-11(10)7-9(8)2/h10-11H,3-7H2,1-2H3/t10-,11-/m1/s1. The molecule has 0 amide bonds. The zero-order chi connectivity index (χ0) is 7.84. The number of rotatable bonds is 0. The first-order valence-electron chi connectivity index (χ1n) is 4.92. The monoisotopic (exact) mass is 150 g/mol. The first-order valence-corrected chi connectivity index (χ1v) is 4.92. The van der Waals surface area contributed by atoms with E-state index in [0.29, 0.717) is 0 Å². The van der Waals surface area contributed by atoms with E-state index < -0.39 is 0 Å². The van der Waals surface area contributed by atoms with Gasteiger partial charge in [-0.3, -0.25) is 0 Å². The third kappa shape index (κ3) is 1.23. The van der Waals surface area contributed by atoms with E-state index in [9.17, 15) is 0 Å². The van der Waals surface area contributed by atoms with E-state index in [1.54, 1.807) is 11.1 Å². The van der Waals surface area contributed by atoms with Crippen LogP contribution in [0.5, 0.6) is 0 Å². The highest BCUT2D eigenvalue weighted by molar-refractivity contribution is 5.16. The van der Waals surface area contributed by atoms with Crippen molar-refractivity contribution in [2.45, 2.75) is 46.0 Å². The van der Waals surface area contributed by atoms with E-state index in [4.69, 9.17) is 0 Å². The van der Waals surface area contributed by atoms with E-state index >= 15 is 0 Å². The van der Waals surface area contributed by atoms with E-state index in [-0.39, 0.29) is 0 Å². The predicted molar refractivity (Wildman–Crippen MR) is 48.4 cm³/mol. The first kappa shape index (κ1) is 7.39. The summed E-state index contributed by atoms with van der Waals surface area (Å²) in [5, 5.41) is 0. The molecule has 0 aromatic rings. The summed E-state index contributed by atoms with van der Waals surface area (Å²) in [5.41, 5.74) is 3.38. The Balaban J connectivity index is 2.14. The third-order valence-electron chi connectivity index (χ3n) is 3.68. The van der Waals surface area contributed by atoms with Gasteiger partial charge in [0.05, 0.1) is 0 Å². The summed E-state index contributed by atoms with van der Waals surface area (Å²) in [4.78, 5) is 0. The lowest BCUT2D eigenvalue weighted by molar-refractivity contribution is 0.359. The molecule has 62 valence electrons. The molecule has 0 heteroatoms. The maximum atomic E-state index is 2.32. The summed E-state index contributed by atoms with van der Waals surface area (Å²) >= 11 is 0.